The Labute approximate surface area is 68.0 Å². The molecule has 3 heteroatoms. The van der Waals surface area contributed by atoms with E-state index < -0.39 is 0 Å². The number of likely N-dealkylation sites (N-methyl/N-ethyl adjacent to an activating group) is 1. The molecule has 3 nitrogen and oxygen atoms in total. The number of piperazine rings is 1. The molecular weight excluding hydrogens is 140 g/mol. The van der Waals surface area contributed by atoms with Crippen LogP contribution in [0.25, 0.3) is 0 Å². The summed E-state index contributed by atoms with van der Waals surface area (Å²) in [5, 5.41) is 0. The highest BCUT2D eigenvalue weighted by Gasteiger charge is 2.13. The first kappa shape index (κ1) is 8.68. The Kier molecular flexibility index (Phi) is 3.52. The van der Waals surface area contributed by atoms with E-state index in [2.05, 4.69) is 16.7 Å². The normalized spacial score (nSPS) is 21.9. The monoisotopic (exact) mass is 156 g/mol. The quantitative estimate of drug-likeness (QED) is 0.530. The van der Waals surface area contributed by atoms with Crippen LogP contribution in [0.5, 0.6) is 0 Å². The molecular formula is C8H16N2O. The number of rotatable bonds is 3. The zero-order valence-corrected chi connectivity index (χ0v) is 7.12. The van der Waals surface area contributed by atoms with Crippen molar-refractivity contribution < 1.29 is 4.79 Å². The van der Waals surface area contributed by atoms with Gasteiger partial charge in [0.2, 0.25) is 0 Å². The topological polar surface area (TPSA) is 23.6 Å². The summed E-state index contributed by atoms with van der Waals surface area (Å²) in [6.45, 7) is 8.25. The Balaban J connectivity index is 2.18. The van der Waals surface area contributed by atoms with E-state index in [1.807, 2.05) is 0 Å². The molecule has 0 aromatic carbocycles. The lowest BCUT2D eigenvalue weighted by molar-refractivity contribution is -0.109. The molecule has 0 aliphatic carbocycles. The van der Waals surface area contributed by atoms with Crippen molar-refractivity contribution in [3.63, 3.8) is 0 Å². The Hall–Kier alpha value is -0.410. The summed E-state index contributed by atoms with van der Waals surface area (Å²) in [7, 11) is 0. The molecule has 0 bridgehead atoms. The van der Waals surface area contributed by atoms with E-state index in [0.717, 1.165) is 39.0 Å². The molecule has 0 atom stereocenters. The first-order chi connectivity index (χ1) is 5.36. The van der Waals surface area contributed by atoms with Crippen LogP contribution in [0.15, 0.2) is 0 Å². The van der Waals surface area contributed by atoms with Gasteiger partial charge in [0.15, 0.2) is 0 Å². The standard InChI is InChI=1S/C8H16N2O/c1-2-9-3-5-10(6-4-9)7-8-11/h8H,2-7H2,1H3. The predicted molar refractivity (Wildman–Crippen MR) is 44.6 cm³/mol. The van der Waals surface area contributed by atoms with Gasteiger partial charge < -0.3 is 9.69 Å². The van der Waals surface area contributed by atoms with Crippen LogP contribution in [0, 0.1) is 0 Å². The summed E-state index contributed by atoms with van der Waals surface area (Å²) < 4.78 is 0. The third-order valence-corrected chi connectivity index (χ3v) is 2.24. The van der Waals surface area contributed by atoms with Gasteiger partial charge >= 0.3 is 0 Å². The SMILES string of the molecule is CCN1CCN(CC=O)CC1. The van der Waals surface area contributed by atoms with E-state index in [0.29, 0.717) is 6.54 Å². The van der Waals surface area contributed by atoms with Gasteiger partial charge in [0.25, 0.3) is 0 Å². The van der Waals surface area contributed by atoms with Crippen LogP contribution in [0.2, 0.25) is 0 Å². The van der Waals surface area contributed by atoms with E-state index in [-0.39, 0.29) is 0 Å². The van der Waals surface area contributed by atoms with Crippen LogP contribution in [0.4, 0.5) is 0 Å². The van der Waals surface area contributed by atoms with Crippen LogP contribution in [-0.4, -0.2) is 55.4 Å². The Morgan fingerprint density at radius 1 is 1.18 bits per heavy atom. The van der Waals surface area contributed by atoms with E-state index >= 15 is 0 Å². The average Bonchev–Trinajstić information content (AvgIpc) is 2.07. The van der Waals surface area contributed by atoms with Gasteiger partial charge in [0, 0.05) is 26.2 Å². The molecule has 0 amide bonds. The van der Waals surface area contributed by atoms with Crippen molar-refractivity contribution in [2.45, 2.75) is 6.92 Å². The van der Waals surface area contributed by atoms with Crippen molar-refractivity contribution in [2.75, 3.05) is 39.3 Å². The van der Waals surface area contributed by atoms with Crippen molar-refractivity contribution >= 4 is 6.29 Å². The minimum atomic E-state index is 0.609. The number of hydrogen-bond donors (Lipinski definition) is 0. The summed E-state index contributed by atoms with van der Waals surface area (Å²) in [6, 6.07) is 0. The summed E-state index contributed by atoms with van der Waals surface area (Å²) >= 11 is 0. The van der Waals surface area contributed by atoms with Crippen LogP contribution in [-0.2, 0) is 4.79 Å². The predicted octanol–water partition coefficient (Wildman–Crippen LogP) is -0.177. The molecule has 0 aromatic rings. The molecule has 1 aliphatic rings. The molecule has 0 spiro atoms. The van der Waals surface area contributed by atoms with Crippen LogP contribution in [0.1, 0.15) is 6.92 Å². The lowest BCUT2D eigenvalue weighted by Gasteiger charge is -2.32. The second-order valence-electron chi connectivity index (χ2n) is 2.90. The van der Waals surface area contributed by atoms with Crippen molar-refractivity contribution in [1.82, 2.24) is 9.80 Å². The third-order valence-electron chi connectivity index (χ3n) is 2.24. The lowest BCUT2D eigenvalue weighted by atomic mass is 10.3. The maximum absolute atomic E-state index is 10.2. The van der Waals surface area contributed by atoms with E-state index in [1.54, 1.807) is 0 Å². The number of aldehydes is 1. The first-order valence-corrected chi connectivity index (χ1v) is 4.25. The summed E-state index contributed by atoms with van der Waals surface area (Å²) in [4.78, 5) is 14.8. The maximum atomic E-state index is 10.2. The Morgan fingerprint density at radius 3 is 2.18 bits per heavy atom. The fourth-order valence-corrected chi connectivity index (χ4v) is 1.39. The van der Waals surface area contributed by atoms with Gasteiger partial charge in [-0.15, -0.1) is 0 Å². The van der Waals surface area contributed by atoms with Gasteiger partial charge in [0.05, 0.1) is 6.54 Å². The smallest absolute Gasteiger partial charge is 0.133 e. The van der Waals surface area contributed by atoms with E-state index in [1.165, 1.54) is 0 Å². The van der Waals surface area contributed by atoms with E-state index in [4.69, 9.17) is 0 Å². The lowest BCUT2D eigenvalue weighted by Crippen LogP contribution is -2.46. The highest BCUT2D eigenvalue weighted by Crippen LogP contribution is 1.98. The third kappa shape index (κ3) is 2.60. The van der Waals surface area contributed by atoms with Gasteiger partial charge in [-0.05, 0) is 6.54 Å². The second-order valence-corrected chi connectivity index (χ2v) is 2.90. The fourth-order valence-electron chi connectivity index (χ4n) is 1.39. The molecule has 11 heavy (non-hydrogen) atoms. The second kappa shape index (κ2) is 4.46. The van der Waals surface area contributed by atoms with Gasteiger partial charge in [0.1, 0.15) is 6.29 Å². The van der Waals surface area contributed by atoms with Crippen LogP contribution < -0.4 is 0 Å². The number of carbonyl (C=O) groups excluding carboxylic acids is 1. The number of carbonyl (C=O) groups is 1. The Morgan fingerprint density at radius 2 is 1.73 bits per heavy atom. The fraction of sp³-hybridized carbons (Fsp3) is 0.875. The number of hydrogen-bond acceptors (Lipinski definition) is 3. The molecule has 1 fully saturated rings. The first-order valence-electron chi connectivity index (χ1n) is 4.25. The molecule has 1 rings (SSSR count). The van der Waals surface area contributed by atoms with Crippen LogP contribution in [0.3, 0.4) is 0 Å². The molecule has 1 aliphatic heterocycles. The summed E-state index contributed by atoms with van der Waals surface area (Å²) in [6.07, 6.45) is 0.988. The molecule has 64 valence electrons. The summed E-state index contributed by atoms with van der Waals surface area (Å²) in [5.74, 6) is 0. The minimum absolute atomic E-state index is 0.609. The molecule has 0 saturated carbocycles. The van der Waals surface area contributed by atoms with E-state index in [9.17, 15) is 4.79 Å². The molecule has 0 radical (unpaired) electrons. The molecule has 0 unspecified atom stereocenters. The Bertz CT molecular complexity index is 119. The van der Waals surface area contributed by atoms with Gasteiger partial charge in [-0.25, -0.2) is 0 Å². The molecule has 0 N–H and O–H groups in total. The zero-order chi connectivity index (χ0) is 8.10. The molecule has 1 heterocycles. The zero-order valence-electron chi connectivity index (χ0n) is 7.12. The van der Waals surface area contributed by atoms with Crippen molar-refractivity contribution in [1.29, 1.82) is 0 Å². The van der Waals surface area contributed by atoms with Gasteiger partial charge in [-0.2, -0.15) is 0 Å². The van der Waals surface area contributed by atoms with Crippen LogP contribution >= 0.6 is 0 Å². The molecule has 1 saturated heterocycles. The largest absolute Gasteiger partial charge is 0.302 e. The highest BCUT2D eigenvalue weighted by molar-refractivity contribution is 5.51. The van der Waals surface area contributed by atoms with Crippen molar-refractivity contribution in [3.05, 3.63) is 0 Å². The van der Waals surface area contributed by atoms with Gasteiger partial charge in [-0.1, -0.05) is 6.92 Å². The van der Waals surface area contributed by atoms with Crippen molar-refractivity contribution in [2.24, 2.45) is 0 Å². The average molecular weight is 156 g/mol. The minimum Gasteiger partial charge on any atom is -0.302 e. The van der Waals surface area contributed by atoms with Gasteiger partial charge in [-0.3, -0.25) is 4.90 Å². The highest BCUT2D eigenvalue weighted by atomic mass is 16.1. The number of nitrogens with zero attached hydrogens (tertiary/aromatic N) is 2. The molecule has 0 aromatic heterocycles. The van der Waals surface area contributed by atoms with Crippen molar-refractivity contribution in [3.8, 4) is 0 Å². The maximum Gasteiger partial charge on any atom is 0.133 e. The summed E-state index contributed by atoms with van der Waals surface area (Å²) in [5.41, 5.74) is 0.